The SMILES string of the molecule is Cn1nnnc1CCN1CCC[C@H]1c1ccc(/C=C/C(=O)NO)cc1. The lowest BCUT2D eigenvalue weighted by Gasteiger charge is -2.24. The number of rotatable bonds is 6. The number of benzene rings is 1. The second-order valence-corrected chi connectivity index (χ2v) is 6.14. The molecule has 2 aromatic rings. The summed E-state index contributed by atoms with van der Waals surface area (Å²) in [6, 6.07) is 8.58. The van der Waals surface area contributed by atoms with Gasteiger partial charge in [-0.05, 0) is 47.0 Å². The lowest BCUT2D eigenvalue weighted by Crippen LogP contribution is -2.26. The Balaban J connectivity index is 1.62. The molecule has 1 aromatic heterocycles. The number of nitrogens with one attached hydrogen (secondary N) is 1. The maximum absolute atomic E-state index is 11.0. The van der Waals surface area contributed by atoms with E-state index in [1.807, 2.05) is 19.2 Å². The zero-order chi connectivity index (χ0) is 17.6. The highest BCUT2D eigenvalue weighted by Gasteiger charge is 2.25. The van der Waals surface area contributed by atoms with Gasteiger partial charge in [-0.1, -0.05) is 24.3 Å². The molecule has 2 heterocycles. The molecule has 0 spiro atoms. The Kier molecular flexibility index (Phi) is 5.52. The summed E-state index contributed by atoms with van der Waals surface area (Å²) in [6.45, 7) is 2.01. The molecule has 8 heteroatoms. The van der Waals surface area contributed by atoms with Crippen molar-refractivity contribution in [3.8, 4) is 0 Å². The van der Waals surface area contributed by atoms with Crippen LogP contribution in [0.3, 0.4) is 0 Å². The number of hydroxylamine groups is 1. The number of hydrogen-bond donors (Lipinski definition) is 2. The van der Waals surface area contributed by atoms with E-state index in [9.17, 15) is 4.79 Å². The van der Waals surface area contributed by atoms with Crippen LogP contribution in [0.1, 0.15) is 35.8 Å². The van der Waals surface area contributed by atoms with Gasteiger partial charge in [0.25, 0.3) is 5.91 Å². The molecule has 1 aliphatic rings. The summed E-state index contributed by atoms with van der Waals surface area (Å²) in [5, 5.41) is 20.1. The molecular formula is C17H22N6O2. The Labute approximate surface area is 146 Å². The molecule has 8 nitrogen and oxygen atoms in total. The minimum absolute atomic E-state index is 0.403. The summed E-state index contributed by atoms with van der Waals surface area (Å²) in [7, 11) is 1.86. The average Bonchev–Trinajstić information content (AvgIpc) is 3.27. The molecule has 0 unspecified atom stereocenters. The van der Waals surface area contributed by atoms with Crippen LogP contribution in [0.4, 0.5) is 0 Å². The number of aryl methyl sites for hydroxylation is 1. The van der Waals surface area contributed by atoms with Crippen molar-refractivity contribution in [3.05, 3.63) is 47.3 Å². The molecular weight excluding hydrogens is 320 g/mol. The highest BCUT2D eigenvalue weighted by atomic mass is 16.5. The topological polar surface area (TPSA) is 96.2 Å². The molecule has 0 radical (unpaired) electrons. The fourth-order valence-electron chi connectivity index (χ4n) is 3.21. The third kappa shape index (κ3) is 4.28. The number of tetrazole rings is 1. The molecule has 25 heavy (non-hydrogen) atoms. The largest absolute Gasteiger partial charge is 0.296 e. The maximum atomic E-state index is 11.0. The Morgan fingerprint density at radius 2 is 2.20 bits per heavy atom. The number of likely N-dealkylation sites (tertiary alicyclic amines) is 1. The first-order chi connectivity index (χ1) is 12.2. The molecule has 132 valence electrons. The second-order valence-electron chi connectivity index (χ2n) is 6.14. The van der Waals surface area contributed by atoms with Crippen molar-refractivity contribution >= 4 is 12.0 Å². The number of carbonyl (C=O) groups excluding carboxylic acids is 1. The van der Waals surface area contributed by atoms with Crippen LogP contribution in [0, 0.1) is 0 Å². The third-order valence-corrected chi connectivity index (χ3v) is 4.55. The van der Waals surface area contributed by atoms with Gasteiger partial charge in [-0.3, -0.25) is 14.9 Å². The van der Waals surface area contributed by atoms with E-state index in [4.69, 9.17) is 5.21 Å². The molecule has 0 bridgehead atoms. The molecule has 3 rings (SSSR count). The van der Waals surface area contributed by atoms with E-state index >= 15 is 0 Å². The second kappa shape index (κ2) is 8.00. The fraction of sp³-hybridized carbons (Fsp3) is 0.412. The van der Waals surface area contributed by atoms with Crippen molar-refractivity contribution in [3.63, 3.8) is 0 Å². The van der Waals surface area contributed by atoms with Crippen molar-refractivity contribution in [1.82, 2.24) is 30.6 Å². The molecule has 1 saturated heterocycles. The molecule has 1 fully saturated rings. The van der Waals surface area contributed by atoms with Crippen molar-refractivity contribution < 1.29 is 10.0 Å². The van der Waals surface area contributed by atoms with Gasteiger partial charge in [0, 0.05) is 32.1 Å². The number of aromatic nitrogens is 4. The lowest BCUT2D eigenvalue weighted by molar-refractivity contribution is -0.124. The van der Waals surface area contributed by atoms with Gasteiger partial charge in [0.05, 0.1) is 0 Å². The number of nitrogens with zero attached hydrogens (tertiary/aromatic N) is 5. The minimum atomic E-state index is -0.538. The molecule has 0 saturated carbocycles. The molecule has 1 aromatic carbocycles. The van der Waals surface area contributed by atoms with Crippen LogP contribution in [0.2, 0.25) is 0 Å². The summed E-state index contributed by atoms with van der Waals surface area (Å²) < 4.78 is 1.72. The van der Waals surface area contributed by atoms with Crippen molar-refractivity contribution in [2.45, 2.75) is 25.3 Å². The third-order valence-electron chi connectivity index (χ3n) is 4.55. The van der Waals surface area contributed by atoms with Gasteiger partial charge in [-0.15, -0.1) is 5.10 Å². The lowest BCUT2D eigenvalue weighted by atomic mass is 10.0. The summed E-state index contributed by atoms with van der Waals surface area (Å²) in [5.74, 6) is 0.359. The molecule has 0 aliphatic carbocycles. The molecule has 2 N–H and O–H groups in total. The van der Waals surface area contributed by atoms with Crippen molar-refractivity contribution in [2.75, 3.05) is 13.1 Å². The fourth-order valence-corrected chi connectivity index (χ4v) is 3.21. The van der Waals surface area contributed by atoms with E-state index in [2.05, 4.69) is 32.6 Å². The summed E-state index contributed by atoms with van der Waals surface area (Å²) in [4.78, 5) is 13.5. The van der Waals surface area contributed by atoms with Crippen molar-refractivity contribution in [2.24, 2.45) is 7.05 Å². The van der Waals surface area contributed by atoms with Gasteiger partial charge in [-0.2, -0.15) is 0 Å². The molecule has 1 aliphatic heterocycles. The van der Waals surface area contributed by atoms with E-state index in [0.29, 0.717) is 6.04 Å². The van der Waals surface area contributed by atoms with Gasteiger partial charge >= 0.3 is 0 Å². The van der Waals surface area contributed by atoms with E-state index in [1.165, 1.54) is 18.1 Å². The van der Waals surface area contributed by atoms with Crippen LogP contribution in [0.5, 0.6) is 0 Å². The van der Waals surface area contributed by atoms with E-state index < -0.39 is 5.91 Å². The predicted molar refractivity (Wildman–Crippen MR) is 91.5 cm³/mol. The summed E-state index contributed by atoms with van der Waals surface area (Å²) in [5.41, 5.74) is 3.77. The standard InChI is InChI=1S/C17H22N6O2/c1-22-16(18-20-21-22)10-12-23-11-2-3-15(23)14-7-4-13(5-8-14)6-9-17(24)19-25/h4-9,15,25H,2-3,10-12H2,1H3,(H,19,24)/b9-6+/t15-/m0/s1. The normalized spacial score (nSPS) is 18.1. The minimum Gasteiger partial charge on any atom is -0.296 e. The molecule has 1 amide bonds. The number of hydrogen-bond acceptors (Lipinski definition) is 6. The van der Waals surface area contributed by atoms with Crippen LogP contribution in [0.15, 0.2) is 30.3 Å². The Morgan fingerprint density at radius 3 is 2.88 bits per heavy atom. The Bertz CT molecular complexity index is 740. The van der Waals surface area contributed by atoms with E-state index in [0.717, 1.165) is 37.3 Å². The summed E-state index contributed by atoms with van der Waals surface area (Å²) >= 11 is 0. The predicted octanol–water partition coefficient (Wildman–Crippen LogP) is 1.11. The molecule has 1 atom stereocenters. The zero-order valence-corrected chi connectivity index (χ0v) is 14.2. The van der Waals surface area contributed by atoms with Gasteiger partial charge < -0.3 is 0 Å². The first-order valence-electron chi connectivity index (χ1n) is 8.35. The Hall–Kier alpha value is -2.58. The number of amides is 1. The number of carbonyl (C=O) groups is 1. The van der Waals surface area contributed by atoms with Gasteiger partial charge in [0.15, 0.2) is 5.82 Å². The van der Waals surface area contributed by atoms with E-state index in [-0.39, 0.29) is 0 Å². The summed E-state index contributed by atoms with van der Waals surface area (Å²) in [6.07, 6.45) is 6.12. The van der Waals surface area contributed by atoms with Crippen LogP contribution >= 0.6 is 0 Å². The highest BCUT2D eigenvalue weighted by Crippen LogP contribution is 2.32. The van der Waals surface area contributed by atoms with Crippen LogP contribution in [-0.2, 0) is 18.3 Å². The Morgan fingerprint density at radius 1 is 1.40 bits per heavy atom. The first-order valence-corrected chi connectivity index (χ1v) is 8.35. The van der Waals surface area contributed by atoms with Gasteiger partial charge in [0.2, 0.25) is 0 Å². The quantitative estimate of drug-likeness (QED) is 0.464. The first kappa shape index (κ1) is 17.2. The smallest absolute Gasteiger partial charge is 0.267 e. The van der Waals surface area contributed by atoms with Crippen LogP contribution < -0.4 is 5.48 Å². The van der Waals surface area contributed by atoms with E-state index in [1.54, 1.807) is 16.2 Å². The van der Waals surface area contributed by atoms with Gasteiger partial charge in [0.1, 0.15) is 0 Å². The monoisotopic (exact) mass is 342 g/mol. The van der Waals surface area contributed by atoms with Crippen LogP contribution in [-0.4, -0.2) is 49.3 Å². The highest BCUT2D eigenvalue weighted by molar-refractivity contribution is 5.90. The van der Waals surface area contributed by atoms with Gasteiger partial charge in [-0.25, -0.2) is 10.2 Å². The zero-order valence-electron chi connectivity index (χ0n) is 14.2. The average molecular weight is 342 g/mol. The van der Waals surface area contributed by atoms with Crippen LogP contribution in [0.25, 0.3) is 6.08 Å². The van der Waals surface area contributed by atoms with Crippen molar-refractivity contribution in [1.29, 1.82) is 0 Å². The maximum Gasteiger partial charge on any atom is 0.267 e.